The van der Waals surface area contributed by atoms with E-state index in [4.69, 9.17) is 12.6 Å². The van der Waals surface area contributed by atoms with E-state index in [1.807, 2.05) is 30.5 Å². The summed E-state index contributed by atoms with van der Waals surface area (Å²) in [7, 11) is 5.70. The minimum absolute atomic E-state index is 0.168. The summed E-state index contributed by atoms with van der Waals surface area (Å²) in [5, 5.41) is 0. The molecule has 1 N–H and O–H groups in total. The van der Waals surface area contributed by atoms with E-state index in [9.17, 15) is 0 Å². The van der Waals surface area contributed by atoms with Gasteiger partial charge in [0.05, 0.1) is 18.0 Å². The molecule has 1 saturated heterocycles. The Labute approximate surface area is 113 Å². The Hall–Kier alpha value is -1.55. The van der Waals surface area contributed by atoms with Crippen LogP contribution in [0.5, 0.6) is 0 Å². The highest BCUT2D eigenvalue weighted by Crippen LogP contribution is 2.47. The minimum Gasteiger partial charge on any atom is -0.367 e. The molecule has 0 amide bonds. The van der Waals surface area contributed by atoms with Crippen LogP contribution in [0, 0.1) is 5.92 Å². The second-order valence-electron chi connectivity index (χ2n) is 5.56. The SMILES string of the molecule is [B]c1ccc(-c2cnc([C@H]3O[C@@H]4CC[C@H]3C4)[nH]2)cc1. The van der Waals surface area contributed by atoms with Crippen molar-refractivity contribution in [2.75, 3.05) is 0 Å². The summed E-state index contributed by atoms with van der Waals surface area (Å²) in [6.07, 6.45) is 6.19. The molecule has 1 aliphatic heterocycles. The number of rotatable bonds is 2. The smallest absolute Gasteiger partial charge is 0.136 e. The summed E-state index contributed by atoms with van der Waals surface area (Å²) in [6.45, 7) is 0. The van der Waals surface area contributed by atoms with E-state index < -0.39 is 0 Å². The van der Waals surface area contributed by atoms with Gasteiger partial charge < -0.3 is 9.72 Å². The van der Waals surface area contributed by atoms with Gasteiger partial charge in [-0.25, -0.2) is 4.98 Å². The molecule has 4 heteroatoms. The molecule has 3 atom stereocenters. The number of nitrogens with zero attached hydrogens (tertiary/aromatic N) is 1. The van der Waals surface area contributed by atoms with E-state index in [1.54, 1.807) is 0 Å². The lowest BCUT2D eigenvalue weighted by atomic mass is 9.95. The number of nitrogens with one attached hydrogen (secondary N) is 1. The number of ether oxygens (including phenoxy) is 1. The highest BCUT2D eigenvalue weighted by molar-refractivity contribution is 6.32. The predicted molar refractivity (Wildman–Crippen MR) is 74.4 cm³/mol. The van der Waals surface area contributed by atoms with Crippen LogP contribution in [-0.4, -0.2) is 23.9 Å². The van der Waals surface area contributed by atoms with Crippen molar-refractivity contribution in [3.05, 3.63) is 36.3 Å². The largest absolute Gasteiger partial charge is 0.367 e. The lowest BCUT2D eigenvalue weighted by Gasteiger charge is -2.20. The predicted octanol–water partition coefficient (Wildman–Crippen LogP) is 2.11. The third kappa shape index (κ3) is 1.91. The molecule has 1 aliphatic carbocycles. The topological polar surface area (TPSA) is 37.9 Å². The molecule has 2 aromatic rings. The Morgan fingerprint density at radius 1 is 1.21 bits per heavy atom. The number of hydrogen-bond acceptors (Lipinski definition) is 2. The van der Waals surface area contributed by atoms with Gasteiger partial charge in [-0.3, -0.25) is 0 Å². The van der Waals surface area contributed by atoms with E-state index in [-0.39, 0.29) is 6.10 Å². The lowest BCUT2D eigenvalue weighted by molar-refractivity contribution is -0.00179. The number of aromatic amines is 1. The number of benzene rings is 1. The van der Waals surface area contributed by atoms with Crippen LogP contribution in [0.25, 0.3) is 11.3 Å². The van der Waals surface area contributed by atoms with Crippen LogP contribution in [0.3, 0.4) is 0 Å². The quantitative estimate of drug-likeness (QED) is 0.829. The molecule has 0 unspecified atom stereocenters. The van der Waals surface area contributed by atoms with Gasteiger partial charge in [-0.1, -0.05) is 29.7 Å². The average Bonchev–Trinajstić information content (AvgIpc) is 3.15. The Morgan fingerprint density at radius 3 is 2.74 bits per heavy atom. The van der Waals surface area contributed by atoms with E-state index in [0.29, 0.717) is 12.0 Å². The van der Waals surface area contributed by atoms with Crippen molar-refractivity contribution in [2.24, 2.45) is 5.92 Å². The van der Waals surface area contributed by atoms with E-state index >= 15 is 0 Å². The van der Waals surface area contributed by atoms with Crippen molar-refractivity contribution < 1.29 is 4.74 Å². The van der Waals surface area contributed by atoms with Gasteiger partial charge in [-0.05, 0) is 30.7 Å². The molecule has 2 radical (unpaired) electrons. The third-order valence-corrected chi connectivity index (χ3v) is 4.28. The first kappa shape index (κ1) is 11.3. The molecule has 2 fully saturated rings. The van der Waals surface area contributed by atoms with Crippen molar-refractivity contribution in [1.82, 2.24) is 9.97 Å². The molecule has 2 heterocycles. The van der Waals surface area contributed by atoms with Gasteiger partial charge in [-0.15, -0.1) is 0 Å². The molecule has 4 rings (SSSR count). The van der Waals surface area contributed by atoms with Crippen molar-refractivity contribution in [2.45, 2.75) is 31.5 Å². The van der Waals surface area contributed by atoms with Crippen LogP contribution < -0.4 is 5.46 Å². The van der Waals surface area contributed by atoms with E-state index in [1.165, 1.54) is 19.3 Å². The maximum atomic E-state index is 6.00. The van der Waals surface area contributed by atoms with Gasteiger partial charge in [0.2, 0.25) is 0 Å². The van der Waals surface area contributed by atoms with Crippen molar-refractivity contribution in [3.63, 3.8) is 0 Å². The number of fused-ring (bicyclic) bond motifs is 2. The summed E-state index contributed by atoms with van der Waals surface area (Å²) >= 11 is 0. The summed E-state index contributed by atoms with van der Waals surface area (Å²) in [4.78, 5) is 7.90. The molecule has 0 spiro atoms. The fourth-order valence-electron chi connectivity index (χ4n) is 3.27. The third-order valence-electron chi connectivity index (χ3n) is 4.28. The van der Waals surface area contributed by atoms with Gasteiger partial charge >= 0.3 is 0 Å². The standard InChI is InChI=1S/C15H15BN2O/c16-11-4-1-9(2-5-11)13-8-17-15(18-13)14-10-3-6-12(7-10)19-14/h1-2,4-5,8,10,12,14H,3,6-7H2,(H,17,18)/t10-,12+,14-/m0/s1. The zero-order chi connectivity index (χ0) is 12.8. The zero-order valence-corrected chi connectivity index (χ0v) is 10.7. The highest BCUT2D eigenvalue weighted by atomic mass is 16.5. The van der Waals surface area contributed by atoms with Gasteiger partial charge in [0.25, 0.3) is 0 Å². The summed E-state index contributed by atoms with van der Waals surface area (Å²) in [5.74, 6) is 1.62. The highest BCUT2D eigenvalue weighted by Gasteiger charge is 2.42. The van der Waals surface area contributed by atoms with Crippen LogP contribution in [0.2, 0.25) is 0 Å². The Kier molecular flexibility index (Phi) is 2.52. The number of hydrogen-bond donors (Lipinski definition) is 1. The van der Waals surface area contributed by atoms with Crippen LogP contribution in [0.4, 0.5) is 0 Å². The Balaban J connectivity index is 1.61. The van der Waals surface area contributed by atoms with Crippen molar-refractivity contribution in [1.29, 1.82) is 0 Å². The summed E-state index contributed by atoms with van der Waals surface area (Å²) in [5.41, 5.74) is 2.91. The molecule has 94 valence electrons. The van der Waals surface area contributed by atoms with Crippen molar-refractivity contribution in [3.8, 4) is 11.3 Å². The summed E-state index contributed by atoms with van der Waals surface area (Å²) < 4.78 is 6.00. The Bertz CT molecular complexity index is 592. The normalized spacial score (nSPS) is 28.9. The maximum Gasteiger partial charge on any atom is 0.136 e. The maximum absolute atomic E-state index is 6.00. The number of H-pyrrole nitrogens is 1. The van der Waals surface area contributed by atoms with Crippen LogP contribution in [0.15, 0.2) is 30.5 Å². The number of aromatic nitrogens is 2. The van der Waals surface area contributed by atoms with Crippen LogP contribution in [-0.2, 0) is 4.74 Å². The Morgan fingerprint density at radius 2 is 2.05 bits per heavy atom. The second-order valence-corrected chi connectivity index (χ2v) is 5.56. The second kappa shape index (κ2) is 4.24. The van der Waals surface area contributed by atoms with Crippen LogP contribution >= 0.6 is 0 Å². The molecule has 2 aliphatic rings. The monoisotopic (exact) mass is 250 g/mol. The van der Waals surface area contributed by atoms with Gasteiger partial charge in [-0.2, -0.15) is 0 Å². The van der Waals surface area contributed by atoms with Gasteiger partial charge in [0.15, 0.2) is 0 Å². The fourth-order valence-corrected chi connectivity index (χ4v) is 3.27. The minimum atomic E-state index is 0.168. The molecule has 1 aromatic heterocycles. The van der Waals surface area contributed by atoms with Gasteiger partial charge in [0, 0.05) is 0 Å². The summed E-state index contributed by atoms with van der Waals surface area (Å²) in [6, 6.07) is 7.83. The molecule has 2 bridgehead atoms. The first-order valence-electron chi connectivity index (χ1n) is 6.86. The molecule has 1 saturated carbocycles. The first-order valence-corrected chi connectivity index (χ1v) is 6.86. The fraction of sp³-hybridized carbons (Fsp3) is 0.400. The lowest BCUT2D eigenvalue weighted by Crippen LogP contribution is -2.14. The van der Waals surface area contributed by atoms with Crippen LogP contribution in [0.1, 0.15) is 31.2 Å². The zero-order valence-electron chi connectivity index (χ0n) is 10.7. The molecule has 19 heavy (non-hydrogen) atoms. The van der Waals surface area contributed by atoms with E-state index in [2.05, 4.69) is 9.97 Å². The molecule has 3 nitrogen and oxygen atoms in total. The average molecular weight is 250 g/mol. The molecule has 1 aromatic carbocycles. The van der Waals surface area contributed by atoms with Crippen molar-refractivity contribution >= 4 is 13.3 Å². The first-order chi connectivity index (χ1) is 9.29. The number of imidazole rings is 1. The molecular formula is C15H15BN2O. The molecular weight excluding hydrogens is 235 g/mol. The van der Waals surface area contributed by atoms with E-state index in [0.717, 1.165) is 22.5 Å². The van der Waals surface area contributed by atoms with Gasteiger partial charge in [0.1, 0.15) is 19.8 Å².